The lowest BCUT2D eigenvalue weighted by Gasteiger charge is -2.33. The molecule has 2 atom stereocenters. The van der Waals surface area contributed by atoms with Crippen LogP contribution in [-0.2, 0) is 14.3 Å². The Balaban J connectivity index is 1.50. The van der Waals surface area contributed by atoms with Gasteiger partial charge in [0.25, 0.3) is 0 Å². The van der Waals surface area contributed by atoms with E-state index in [1.54, 1.807) is 24.3 Å². The van der Waals surface area contributed by atoms with Crippen LogP contribution in [0.5, 0.6) is 5.75 Å². The van der Waals surface area contributed by atoms with Gasteiger partial charge < -0.3 is 25.3 Å². The third-order valence-corrected chi connectivity index (χ3v) is 4.82. The van der Waals surface area contributed by atoms with Gasteiger partial charge >= 0.3 is 0 Å². The van der Waals surface area contributed by atoms with E-state index in [-0.39, 0.29) is 18.1 Å². The molecule has 0 bridgehead atoms. The third-order valence-electron chi connectivity index (χ3n) is 4.82. The summed E-state index contributed by atoms with van der Waals surface area (Å²) < 4.78 is 16.9. The first-order chi connectivity index (χ1) is 13.1. The molecule has 1 aromatic rings. The fourth-order valence-electron chi connectivity index (χ4n) is 3.23. The maximum Gasteiger partial charge on any atom is 0.248 e. The molecular formula is C19H27N3O5. The van der Waals surface area contributed by atoms with E-state index in [1.165, 1.54) is 0 Å². The molecule has 0 spiro atoms. The number of benzene rings is 1. The molecule has 2 aliphatic rings. The maximum atomic E-state index is 12.3. The number of carbonyl (C=O) groups excluding carboxylic acids is 2. The van der Waals surface area contributed by atoms with Gasteiger partial charge in [0.1, 0.15) is 11.9 Å². The minimum absolute atomic E-state index is 0.00494. The number of amides is 2. The van der Waals surface area contributed by atoms with Crippen molar-refractivity contribution in [3.8, 4) is 5.75 Å². The quantitative estimate of drug-likeness (QED) is 0.702. The van der Waals surface area contributed by atoms with Crippen molar-refractivity contribution in [1.82, 2.24) is 10.2 Å². The molecule has 2 saturated heterocycles. The molecule has 3 rings (SSSR count). The highest BCUT2D eigenvalue weighted by atomic mass is 16.5. The maximum absolute atomic E-state index is 12.3. The van der Waals surface area contributed by atoms with E-state index in [1.807, 2.05) is 0 Å². The van der Waals surface area contributed by atoms with Crippen molar-refractivity contribution in [3.63, 3.8) is 0 Å². The van der Waals surface area contributed by atoms with Crippen molar-refractivity contribution in [2.75, 3.05) is 46.1 Å². The normalized spacial score (nSPS) is 23.6. The predicted octanol–water partition coefficient (Wildman–Crippen LogP) is 0.160. The van der Waals surface area contributed by atoms with Crippen LogP contribution < -0.4 is 15.8 Å². The van der Waals surface area contributed by atoms with E-state index in [2.05, 4.69) is 10.2 Å². The molecular weight excluding hydrogens is 350 g/mol. The van der Waals surface area contributed by atoms with Crippen LogP contribution in [0.2, 0.25) is 0 Å². The van der Waals surface area contributed by atoms with Crippen molar-refractivity contribution in [3.05, 3.63) is 29.8 Å². The average Bonchev–Trinajstić information content (AvgIpc) is 2.69. The van der Waals surface area contributed by atoms with Gasteiger partial charge in [0, 0.05) is 38.0 Å². The van der Waals surface area contributed by atoms with E-state index >= 15 is 0 Å². The number of ether oxygens (including phenoxy) is 3. The Morgan fingerprint density at radius 1 is 1.15 bits per heavy atom. The number of hydrogen-bond donors (Lipinski definition) is 2. The second-order valence-electron chi connectivity index (χ2n) is 6.79. The molecule has 2 heterocycles. The lowest BCUT2D eigenvalue weighted by Crippen LogP contribution is -2.52. The van der Waals surface area contributed by atoms with Crippen LogP contribution >= 0.6 is 0 Å². The van der Waals surface area contributed by atoms with Gasteiger partial charge in [-0.25, -0.2) is 0 Å². The van der Waals surface area contributed by atoms with Crippen molar-refractivity contribution < 1.29 is 23.8 Å². The summed E-state index contributed by atoms with van der Waals surface area (Å²) in [5, 5.41) is 3.04. The number of nitrogens with zero attached hydrogens (tertiary/aromatic N) is 1. The van der Waals surface area contributed by atoms with Crippen molar-refractivity contribution in [1.29, 1.82) is 0 Å². The monoisotopic (exact) mass is 377 g/mol. The first-order valence-corrected chi connectivity index (χ1v) is 9.35. The van der Waals surface area contributed by atoms with Crippen molar-refractivity contribution in [2.24, 2.45) is 5.73 Å². The first kappa shape index (κ1) is 19.6. The van der Waals surface area contributed by atoms with Crippen LogP contribution in [0.3, 0.4) is 0 Å². The number of rotatable bonds is 7. The van der Waals surface area contributed by atoms with Gasteiger partial charge in [-0.15, -0.1) is 0 Å². The van der Waals surface area contributed by atoms with Gasteiger partial charge in [-0.05, 0) is 24.3 Å². The smallest absolute Gasteiger partial charge is 0.248 e. The summed E-state index contributed by atoms with van der Waals surface area (Å²) in [5.74, 6) is 0.159. The number of morpholine rings is 1. The van der Waals surface area contributed by atoms with Gasteiger partial charge in [0.15, 0.2) is 0 Å². The van der Waals surface area contributed by atoms with Crippen LogP contribution in [0, 0.1) is 0 Å². The Kier molecular flexibility index (Phi) is 7.03. The van der Waals surface area contributed by atoms with Gasteiger partial charge in [0.2, 0.25) is 11.8 Å². The minimum Gasteiger partial charge on any atom is -0.488 e. The molecule has 0 saturated carbocycles. The molecule has 1 aromatic carbocycles. The average molecular weight is 377 g/mol. The van der Waals surface area contributed by atoms with E-state index in [0.717, 1.165) is 32.8 Å². The Morgan fingerprint density at radius 2 is 1.89 bits per heavy atom. The Morgan fingerprint density at radius 3 is 2.59 bits per heavy atom. The second-order valence-corrected chi connectivity index (χ2v) is 6.79. The van der Waals surface area contributed by atoms with Crippen LogP contribution in [0.4, 0.5) is 0 Å². The SMILES string of the molecule is NC(=O)c1ccc(O[C@@H]2CCOC[C@H]2NC(=O)CCN2CCOCC2)cc1. The Labute approximate surface area is 158 Å². The summed E-state index contributed by atoms with van der Waals surface area (Å²) in [5.41, 5.74) is 5.69. The fourth-order valence-corrected chi connectivity index (χ4v) is 3.23. The summed E-state index contributed by atoms with van der Waals surface area (Å²) in [6.45, 7) is 4.92. The molecule has 148 valence electrons. The Bertz CT molecular complexity index is 631. The lowest BCUT2D eigenvalue weighted by molar-refractivity contribution is -0.124. The second kappa shape index (κ2) is 9.68. The number of nitrogens with two attached hydrogens (primary N) is 1. The van der Waals surface area contributed by atoms with Crippen LogP contribution in [-0.4, -0.2) is 74.9 Å². The summed E-state index contributed by atoms with van der Waals surface area (Å²) in [4.78, 5) is 25.7. The summed E-state index contributed by atoms with van der Waals surface area (Å²) >= 11 is 0. The van der Waals surface area contributed by atoms with E-state index in [0.29, 0.717) is 37.4 Å². The highest BCUT2D eigenvalue weighted by molar-refractivity contribution is 5.92. The predicted molar refractivity (Wildman–Crippen MR) is 98.6 cm³/mol. The largest absolute Gasteiger partial charge is 0.488 e. The van der Waals surface area contributed by atoms with E-state index in [4.69, 9.17) is 19.9 Å². The minimum atomic E-state index is -0.474. The highest BCUT2D eigenvalue weighted by Gasteiger charge is 2.29. The molecule has 8 nitrogen and oxygen atoms in total. The molecule has 0 unspecified atom stereocenters. The summed E-state index contributed by atoms with van der Waals surface area (Å²) in [7, 11) is 0. The zero-order valence-electron chi connectivity index (χ0n) is 15.4. The summed E-state index contributed by atoms with van der Waals surface area (Å²) in [6, 6.07) is 6.49. The van der Waals surface area contributed by atoms with E-state index in [9.17, 15) is 9.59 Å². The van der Waals surface area contributed by atoms with Crippen LogP contribution in [0.1, 0.15) is 23.2 Å². The topological polar surface area (TPSA) is 103 Å². The molecule has 27 heavy (non-hydrogen) atoms. The highest BCUT2D eigenvalue weighted by Crippen LogP contribution is 2.19. The van der Waals surface area contributed by atoms with Gasteiger partial charge in [0.05, 0.1) is 32.5 Å². The Hall–Kier alpha value is -2.16. The third kappa shape index (κ3) is 5.92. The number of hydrogen-bond acceptors (Lipinski definition) is 6. The van der Waals surface area contributed by atoms with Crippen LogP contribution in [0.25, 0.3) is 0 Å². The van der Waals surface area contributed by atoms with Crippen molar-refractivity contribution >= 4 is 11.8 Å². The zero-order chi connectivity index (χ0) is 19.1. The molecule has 2 aliphatic heterocycles. The molecule has 0 aliphatic carbocycles. The number of nitrogens with one attached hydrogen (secondary N) is 1. The summed E-state index contributed by atoms with van der Waals surface area (Å²) in [6.07, 6.45) is 0.952. The molecule has 0 aromatic heterocycles. The van der Waals surface area contributed by atoms with Crippen molar-refractivity contribution in [2.45, 2.75) is 25.0 Å². The molecule has 3 N–H and O–H groups in total. The zero-order valence-corrected chi connectivity index (χ0v) is 15.4. The number of primary amides is 1. The van der Waals surface area contributed by atoms with Gasteiger partial charge in [-0.3, -0.25) is 14.5 Å². The standard InChI is InChI=1S/C19H27N3O5/c20-19(24)14-1-3-15(4-2-14)27-17-6-10-26-13-16(17)21-18(23)5-7-22-8-11-25-12-9-22/h1-4,16-17H,5-13H2,(H2,20,24)(H,21,23)/t16-,17-/m1/s1. The lowest BCUT2D eigenvalue weighted by atomic mass is 10.1. The van der Waals surface area contributed by atoms with Gasteiger partial charge in [-0.2, -0.15) is 0 Å². The molecule has 2 amide bonds. The van der Waals surface area contributed by atoms with E-state index < -0.39 is 5.91 Å². The first-order valence-electron chi connectivity index (χ1n) is 9.35. The molecule has 2 fully saturated rings. The number of carbonyl (C=O) groups is 2. The molecule has 8 heteroatoms. The molecule has 0 radical (unpaired) electrons. The fraction of sp³-hybridized carbons (Fsp3) is 0.579. The van der Waals surface area contributed by atoms with Crippen LogP contribution in [0.15, 0.2) is 24.3 Å². The van der Waals surface area contributed by atoms with Gasteiger partial charge in [-0.1, -0.05) is 0 Å².